The molecule has 19 heavy (non-hydrogen) atoms. The largest absolute Gasteiger partial charge is 0.337 e. The standard InChI is InChI=1S/C15H26N4/c1-12(2)10-16-11-14-6-4-5-9-19(14)15-17-8-7-13(3)18-15/h7-8,12,14,16H,4-6,9-11H2,1-3H3. The molecule has 2 heterocycles. The molecular weight excluding hydrogens is 236 g/mol. The molecule has 1 atom stereocenters. The van der Waals surface area contributed by atoms with E-state index >= 15 is 0 Å². The van der Waals surface area contributed by atoms with Gasteiger partial charge < -0.3 is 10.2 Å². The molecule has 2 rings (SSSR count). The van der Waals surface area contributed by atoms with Gasteiger partial charge in [-0.15, -0.1) is 0 Å². The van der Waals surface area contributed by atoms with Gasteiger partial charge >= 0.3 is 0 Å². The minimum atomic E-state index is 0.536. The van der Waals surface area contributed by atoms with Crippen LogP contribution in [0.3, 0.4) is 0 Å². The average Bonchev–Trinajstić information content (AvgIpc) is 2.39. The summed E-state index contributed by atoms with van der Waals surface area (Å²) < 4.78 is 0. The monoisotopic (exact) mass is 262 g/mol. The van der Waals surface area contributed by atoms with Crippen LogP contribution in [-0.2, 0) is 0 Å². The molecule has 1 aliphatic heterocycles. The summed E-state index contributed by atoms with van der Waals surface area (Å²) in [7, 11) is 0. The Labute approximate surface area is 116 Å². The number of rotatable bonds is 5. The minimum Gasteiger partial charge on any atom is -0.337 e. The molecule has 106 valence electrons. The SMILES string of the molecule is Cc1ccnc(N2CCCCC2CNCC(C)C)n1. The fourth-order valence-corrected chi connectivity index (χ4v) is 2.59. The zero-order chi connectivity index (χ0) is 13.7. The zero-order valence-electron chi connectivity index (χ0n) is 12.4. The Balaban J connectivity index is 1.99. The van der Waals surface area contributed by atoms with Crippen LogP contribution < -0.4 is 10.2 Å². The van der Waals surface area contributed by atoms with Crippen LogP contribution in [0.25, 0.3) is 0 Å². The van der Waals surface area contributed by atoms with Crippen LogP contribution in [0.4, 0.5) is 5.95 Å². The summed E-state index contributed by atoms with van der Waals surface area (Å²) in [5.74, 6) is 1.60. The van der Waals surface area contributed by atoms with Gasteiger partial charge in [-0.2, -0.15) is 0 Å². The van der Waals surface area contributed by atoms with E-state index in [2.05, 4.69) is 34.0 Å². The number of aryl methyl sites for hydroxylation is 1. The summed E-state index contributed by atoms with van der Waals surface area (Å²) in [5.41, 5.74) is 1.05. The van der Waals surface area contributed by atoms with Gasteiger partial charge in [0.15, 0.2) is 0 Å². The molecule has 1 unspecified atom stereocenters. The Kier molecular flexibility index (Phi) is 5.14. The highest BCUT2D eigenvalue weighted by molar-refractivity contribution is 5.32. The van der Waals surface area contributed by atoms with Gasteiger partial charge in [0.05, 0.1) is 0 Å². The molecule has 4 heteroatoms. The molecule has 1 aromatic rings. The molecule has 1 aromatic heterocycles. The number of nitrogens with zero attached hydrogens (tertiary/aromatic N) is 3. The Bertz CT molecular complexity index is 391. The Hall–Kier alpha value is -1.16. The lowest BCUT2D eigenvalue weighted by molar-refractivity contribution is 0.418. The smallest absolute Gasteiger partial charge is 0.225 e. The summed E-state index contributed by atoms with van der Waals surface area (Å²) in [6.07, 6.45) is 5.67. The molecule has 0 aromatic carbocycles. The van der Waals surface area contributed by atoms with Gasteiger partial charge in [-0.05, 0) is 44.7 Å². The number of aromatic nitrogens is 2. The van der Waals surface area contributed by atoms with E-state index < -0.39 is 0 Å². The number of hydrogen-bond donors (Lipinski definition) is 1. The van der Waals surface area contributed by atoms with Crippen molar-refractivity contribution < 1.29 is 0 Å². The summed E-state index contributed by atoms with van der Waals surface area (Å²) in [6.45, 7) is 9.72. The highest BCUT2D eigenvalue weighted by atomic mass is 15.3. The summed E-state index contributed by atoms with van der Waals surface area (Å²) >= 11 is 0. The first kappa shape index (κ1) is 14.3. The van der Waals surface area contributed by atoms with E-state index in [0.717, 1.165) is 31.3 Å². The predicted octanol–water partition coefficient (Wildman–Crippen LogP) is 2.39. The van der Waals surface area contributed by atoms with Crippen molar-refractivity contribution in [2.24, 2.45) is 5.92 Å². The van der Waals surface area contributed by atoms with E-state index in [0.29, 0.717) is 12.0 Å². The van der Waals surface area contributed by atoms with Gasteiger partial charge in [-0.1, -0.05) is 13.8 Å². The van der Waals surface area contributed by atoms with Crippen LogP contribution >= 0.6 is 0 Å². The van der Waals surface area contributed by atoms with Gasteiger partial charge in [0, 0.05) is 31.0 Å². The van der Waals surface area contributed by atoms with Crippen LogP contribution in [0, 0.1) is 12.8 Å². The molecule has 0 saturated carbocycles. The highest BCUT2D eigenvalue weighted by Gasteiger charge is 2.24. The second-order valence-electron chi connectivity index (χ2n) is 5.89. The van der Waals surface area contributed by atoms with E-state index in [9.17, 15) is 0 Å². The molecular formula is C15H26N4. The molecule has 1 N–H and O–H groups in total. The maximum atomic E-state index is 4.58. The molecule has 0 spiro atoms. The van der Waals surface area contributed by atoms with E-state index in [4.69, 9.17) is 0 Å². The zero-order valence-corrected chi connectivity index (χ0v) is 12.4. The third-order valence-electron chi connectivity index (χ3n) is 3.60. The highest BCUT2D eigenvalue weighted by Crippen LogP contribution is 2.21. The molecule has 1 saturated heterocycles. The fraction of sp³-hybridized carbons (Fsp3) is 0.733. The first-order valence-corrected chi connectivity index (χ1v) is 7.44. The Morgan fingerprint density at radius 3 is 3.00 bits per heavy atom. The molecule has 0 amide bonds. The minimum absolute atomic E-state index is 0.536. The molecule has 0 radical (unpaired) electrons. The number of piperidine rings is 1. The quantitative estimate of drug-likeness (QED) is 0.884. The van der Waals surface area contributed by atoms with Crippen molar-refractivity contribution in [2.75, 3.05) is 24.5 Å². The summed E-state index contributed by atoms with van der Waals surface area (Å²) in [4.78, 5) is 11.4. The maximum Gasteiger partial charge on any atom is 0.225 e. The summed E-state index contributed by atoms with van der Waals surface area (Å²) in [6, 6.07) is 2.49. The van der Waals surface area contributed by atoms with Crippen molar-refractivity contribution in [2.45, 2.75) is 46.1 Å². The van der Waals surface area contributed by atoms with Crippen LogP contribution in [0.2, 0.25) is 0 Å². The van der Waals surface area contributed by atoms with E-state index in [1.807, 2.05) is 19.2 Å². The van der Waals surface area contributed by atoms with Gasteiger partial charge in [0.2, 0.25) is 5.95 Å². The third kappa shape index (κ3) is 4.16. The Morgan fingerprint density at radius 1 is 1.42 bits per heavy atom. The second-order valence-corrected chi connectivity index (χ2v) is 5.89. The average molecular weight is 262 g/mol. The van der Waals surface area contributed by atoms with Crippen molar-refractivity contribution in [3.8, 4) is 0 Å². The van der Waals surface area contributed by atoms with Crippen molar-refractivity contribution in [3.05, 3.63) is 18.0 Å². The normalized spacial score (nSPS) is 20.0. The number of anilines is 1. The lowest BCUT2D eigenvalue weighted by Gasteiger charge is -2.36. The lowest BCUT2D eigenvalue weighted by Crippen LogP contribution is -2.47. The van der Waals surface area contributed by atoms with Crippen LogP contribution in [-0.4, -0.2) is 35.6 Å². The topological polar surface area (TPSA) is 41.1 Å². The molecule has 0 bridgehead atoms. The second kappa shape index (κ2) is 6.85. The van der Waals surface area contributed by atoms with E-state index in [1.165, 1.54) is 19.3 Å². The van der Waals surface area contributed by atoms with Gasteiger partial charge in [0.25, 0.3) is 0 Å². The Morgan fingerprint density at radius 2 is 2.26 bits per heavy atom. The van der Waals surface area contributed by atoms with Crippen molar-refractivity contribution >= 4 is 5.95 Å². The van der Waals surface area contributed by atoms with Gasteiger partial charge in [0.1, 0.15) is 0 Å². The van der Waals surface area contributed by atoms with Crippen LogP contribution in [0.1, 0.15) is 38.8 Å². The summed E-state index contributed by atoms with van der Waals surface area (Å²) in [5, 5.41) is 3.57. The van der Waals surface area contributed by atoms with Crippen molar-refractivity contribution in [1.29, 1.82) is 0 Å². The molecule has 1 aliphatic rings. The fourth-order valence-electron chi connectivity index (χ4n) is 2.59. The third-order valence-corrected chi connectivity index (χ3v) is 3.60. The van der Waals surface area contributed by atoms with Gasteiger partial charge in [-0.3, -0.25) is 0 Å². The van der Waals surface area contributed by atoms with Crippen molar-refractivity contribution in [1.82, 2.24) is 15.3 Å². The lowest BCUT2D eigenvalue weighted by atomic mass is 10.0. The van der Waals surface area contributed by atoms with E-state index in [-0.39, 0.29) is 0 Å². The number of nitrogens with one attached hydrogen (secondary N) is 1. The van der Waals surface area contributed by atoms with E-state index in [1.54, 1.807) is 0 Å². The first-order chi connectivity index (χ1) is 9.16. The van der Waals surface area contributed by atoms with Crippen LogP contribution in [0.15, 0.2) is 12.3 Å². The molecule has 0 aliphatic carbocycles. The molecule has 1 fully saturated rings. The van der Waals surface area contributed by atoms with Crippen molar-refractivity contribution in [3.63, 3.8) is 0 Å². The predicted molar refractivity (Wildman–Crippen MR) is 79.5 cm³/mol. The maximum absolute atomic E-state index is 4.58. The first-order valence-electron chi connectivity index (χ1n) is 7.44. The van der Waals surface area contributed by atoms with Crippen LogP contribution in [0.5, 0.6) is 0 Å². The van der Waals surface area contributed by atoms with Gasteiger partial charge in [-0.25, -0.2) is 9.97 Å². The molecule has 4 nitrogen and oxygen atoms in total. The number of hydrogen-bond acceptors (Lipinski definition) is 4.